The summed E-state index contributed by atoms with van der Waals surface area (Å²) in [4.78, 5) is 6.95. The summed E-state index contributed by atoms with van der Waals surface area (Å²) in [6.45, 7) is 14.7. The van der Waals surface area contributed by atoms with Gasteiger partial charge in [0.15, 0.2) is 0 Å². The molecule has 0 amide bonds. The highest BCUT2D eigenvalue weighted by molar-refractivity contribution is 5.72. The molecule has 0 aromatic carbocycles. The average molecular weight is 288 g/mol. The van der Waals surface area contributed by atoms with Crippen LogP contribution >= 0.6 is 0 Å². The number of aliphatic hydroxyl groups is 1. The molecule has 1 unspecified atom stereocenters. The average Bonchev–Trinajstić information content (AvgIpc) is 2.53. The van der Waals surface area contributed by atoms with E-state index in [1.807, 2.05) is 19.9 Å². The molecule has 0 aliphatic carbocycles. The van der Waals surface area contributed by atoms with E-state index in [1.54, 1.807) is 6.08 Å². The lowest BCUT2D eigenvalue weighted by Gasteiger charge is -2.31. The third kappa shape index (κ3) is 3.34. The summed E-state index contributed by atoms with van der Waals surface area (Å²) < 4.78 is 5.40. The molecule has 114 valence electrons. The van der Waals surface area contributed by atoms with Crippen LogP contribution in [0.4, 0.5) is 5.82 Å². The fourth-order valence-electron chi connectivity index (χ4n) is 2.53. The number of pyridine rings is 1. The van der Waals surface area contributed by atoms with Gasteiger partial charge in [-0.25, -0.2) is 4.98 Å². The standard InChI is InChI=1S/C17H24N2O2/c1-5-13-11-14(15(20)6-2)17(18-16(13)12(3)4)19-7-9-21-10-8-19/h5,11,15,20H,1,3,6-10H2,2,4H3. The quantitative estimate of drug-likeness (QED) is 0.904. The van der Waals surface area contributed by atoms with Crippen LogP contribution in [-0.2, 0) is 4.74 Å². The zero-order chi connectivity index (χ0) is 15.4. The van der Waals surface area contributed by atoms with Crippen molar-refractivity contribution in [2.24, 2.45) is 0 Å². The third-order valence-electron chi connectivity index (χ3n) is 3.74. The molecule has 1 N–H and O–H groups in total. The Balaban J connectivity index is 2.54. The molecule has 21 heavy (non-hydrogen) atoms. The lowest BCUT2D eigenvalue weighted by molar-refractivity contribution is 0.121. The Morgan fingerprint density at radius 3 is 2.71 bits per heavy atom. The second kappa shape index (κ2) is 6.87. The van der Waals surface area contributed by atoms with E-state index in [1.165, 1.54) is 0 Å². The maximum absolute atomic E-state index is 10.3. The first-order valence-electron chi connectivity index (χ1n) is 7.42. The van der Waals surface area contributed by atoms with Gasteiger partial charge < -0.3 is 14.7 Å². The number of anilines is 1. The molecule has 0 radical (unpaired) electrons. The fraction of sp³-hybridized carbons (Fsp3) is 0.471. The van der Waals surface area contributed by atoms with Gasteiger partial charge >= 0.3 is 0 Å². The molecule has 1 aromatic rings. The zero-order valence-electron chi connectivity index (χ0n) is 12.9. The van der Waals surface area contributed by atoms with Crippen molar-refractivity contribution in [2.75, 3.05) is 31.2 Å². The van der Waals surface area contributed by atoms with Crippen molar-refractivity contribution in [2.45, 2.75) is 26.4 Å². The van der Waals surface area contributed by atoms with Crippen LogP contribution in [0.25, 0.3) is 11.6 Å². The molecule has 0 spiro atoms. The monoisotopic (exact) mass is 288 g/mol. The number of nitrogens with zero attached hydrogens (tertiary/aromatic N) is 2. The van der Waals surface area contributed by atoms with Crippen molar-refractivity contribution in [1.82, 2.24) is 4.98 Å². The number of ether oxygens (including phenoxy) is 1. The van der Waals surface area contributed by atoms with E-state index < -0.39 is 6.10 Å². The molecule has 4 nitrogen and oxygen atoms in total. The lowest BCUT2D eigenvalue weighted by Crippen LogP contribution is -2.37. The maximum Gasteiger partial charge on any atom is 0.135 e. The normalized spacial score (nSPS) is 16.6. The summed E-state index contributed by atoms with van der Waals surface area (Å²) in [6.07, 6.45) is 1.90. The molecule has 1 aromatic heterocycles. The number of allylic oxidation sites excluding steroid dienone is 1. The van der Waals surface area contributed by atoms with Gasteiger partial charge in [-0.3, -0.25) is 0 Å². The summed E-state index contributed by atoms with van der Waals surface area (Å²) >= 11 is 0. The number of rotatable bonds is 5. The fourth-order valence-corrected chi connectivity index (χ4v) is 2.53. The van der Waals surface area contributed by atoms with Gasteiger partial charge in [0, 0.05) is 24.2 Å². The van der Waals surface area contributed by atoms with Gasteiger partial charge in [0.25, 0.3) is 0 Å². The van der Waals surface area contributed by atoms with Crippen molar-refractivity contribution in [3.05, 3.63) is 36.0 Å². The minimum atomic E-state index is -0.520. The van der Waals surface area contributed by atoms with E-state index in [-0.39, 0.29) is 0 Å². The van der Waals surface area contributed by atoms with E-state index in [2.05, 4.69) is 18.1 Å². The highest BCUT2D eigenvalue weighted by Crippen LogP contribution is 2.31. The van der Waals surface area contributed by atoms with Crippen LogP contribution in [0, 0.1) is 0 Å². The van der Waals surface area contributed by atoms with Crippen LogP contribution in [0.2, 0.25) is 0 Å². The lowest BCUT2D eigenvalue weighted by atomic mass is 10.0. The van der Waals surface area contributed by atoms with Crippen LogP contribution < -0.4 is 4.90 Å². The molecular formula is C17H24N2O2. The predicted octanol–water partition coefficient (Wildman–Crippen LogP) is 3.04. The summed E-state index contributed by atoms with van der Waals surface area (Å²) in [5.74, 6) is 0.844. The van der Waals surface area contributed by atoms with Gasteiger partial charge in [-0.05, 0) is 25.0 Å². The van der Waals surface area contributed by atoms with Crippen molar-refractivity contribution in [3.63, 3.8) is 0 Å². The Bertz CT molecular complexity index is 534. The van der Waals surface area contributed by atoms with Gasteiger partial charge in [-0.1, -0.05) is 26.2 Å². The van der Waals surface area contributed by atoms with Gasteiger partial charge in [0.1, 0.15) is 5.82 Å². The smallest absolute Gasteiger partial charge is 0.135 e. The summed E-state index contributed by atoms with van der Waals surface area (Å²) in [7, 11) is 0. The van der Waals surface area contributed by atoms with Crippen molar-refractivity contribution >= 4 is 17.5 Å². The molecule has 1 aliphatic rings. The predicted molar refractivity (Wildman–Crippen MR) is 87.3 cm³/mol. The zero-order valence-corrected chi connectivity index (χ0v) is 12.9. The van der Waals surface area contributed by atoms with Crippen molar-refractivity contribution in [1.29, 1.82) is 0 Å². The van der Waals surface area contributed by atoms with E-state index in [0.29, 0.717) is 19.6 Å². The van der Waals surface area contributed by atoms with E-state index >= 15 is 0 Å². The Morgan fingerprint density at radius 2 is 2.19 bits per heavy atom. The molecule has 1 saturated heterocycles. The topological polar surface area (TPSA) is 45.6 Å². The number of hydrogen-bond donors (Lipinski definition) is 1. The first-order chi connectivity index (χ1) is 10.1. The number of aliphatic hydroxyl groups excluding tert-OH is 1. The Kier molecular flexibility index (Phi) is 5.15. The third-order valence-corrected chi connectivity index (χ3v) is 3.74. The first-order valence-corrected chi connectivity index (χ1v) is 7.42. The van der Waals surface area contributed by atoms with Crippen molar-refractivity contribution in [3.8, 4) is 0 Å². The molecule has 2 heterocycles. The van der Waals surface area contributed by atoms with E-state index in [4.69, 9.17) is 9.72 Å². The molecular weight excluding hydrogens is 264 g/mol. The molecule has 0 bridgehead atoms. The van der Waals surface area contributed by atoms with Crippen LogP contribution in [0.15, 0.2) is 19.2 Å². The minimum absolute atomic E-state index is 0.520. The Morgan fingerprint density at radius 1 is 1.52 bits per heavy atom. The molecule has 1 aliphatic heterocycles. The maximum atomic E-state index is 10.3. The van der Waals surface area contributed by atoms with Gasteiger partial charge in [-0.15, -0.1) is 0 Å². The molecule has 2 rings (SSSR count). The van der Waals surface area contributed by atoms with Gasteiger partial charge in [-0.2, -0.15) is 0 Å². The molecule has 1 fully saturated rings. The number of hydrogen-bond acceptors (Lipinski definition) is 4. The Hall–Kier alpha value is -1.65. The number of morpholine rings is 1. The van der Waals surface area contributed by atoms with E-state index in [9.17, 15) is 5.11 Å². The summed E-state index contributed by atoms with van der Waals surface area (Å²) in [5.41, 5.74) is 3.52. The van der Waals surface area contributed by atoms with Crippen LogP contribution in [0.1, 0.15) is 43.2 Å². The highest BCUT2D eigenvalue weighted by atomic mass is 16.5. The molecule has 1 atom stereocenters. The second-order valence-electron chi connectivity index (χ2n) is 5.35. The van der Waals surface area contributed by atoms with Gasteiger partial charge in [0.05, 0.1) is 25.0 Å². The van der Waals surface area contributed by atoms with Gasteiger partial charge in [0.2, 0.25) is 0 Å². The molecule has 4 heteroatoms. The first kappa shape index (κ1) is 15.7. The second-order valence-corrected chi connectivity index (χ2v) is 5.35. The van der Waals surface area contributed by atoms with Crippen LogP contribution in [0.3, 0.4) is 0 Å². The van der Waals surface area contributed by atoms with Crippen molar-refractivity contribution < 1.29 is 9.84 Å². The minimum Gasteiger partial charge on any atom is -0.388 e. The SMILES string of the molecule is C=Cc1cc(C(O)CC)c(N2CCOCC2)nc1C(=C)C. The van der Waals surface area contributed by atoms with E-state index in [0.717, 1.165) is 41.3 Å². The number of aromatic nitrogens is 1. The summed E-state index contributed by atoms with van der Waals surface area (Å²) in [6, 6.07) is 1.99. The van der Waals surface area contributed by atoms with Crippen LogP contribution in [0.5, 0.6) is 0 Å². The Labute approximate surface area is 126 Å². The molecule has 0 saturated carbocycles. The van der Waals surface area contributed by atoms with Crippen LogP contribution in [-0.4, -0.2) is 36.4 Å². The highest BCUT2D eigenvalue weighted by Gasteiger charge is 2.22. The largest absolute Gasteiger partial charge is 0.388 e. The summed E-state index contributed by atoms with van der Waals surface area (Å²) in [5, 5.41) is 10.3.